The Morgan fingerprint density at radius 2 is 2.00 bits per heavy atom. The summed E-state index contributed by atoms with van der Waals surface area (Å²) >= 11 is 0. The average molecular weight is 279 g/mol. The van der Waals surface area contributed by atoms with E-state index in [1.165, 1.54) is 0 Å². The number of benzene rings is 1. The highest BCUT2D eigenvalue weighted by Crippen LogP contribution is 2.29. The van der Waals surface area contributed by atoms with E-state index in [0.29, 0.717) is 13.0 Å². The Morgan fingerprint density at radius 3 is 2.45 bits per heavy atom. The highest BCUT2D eigenvalue weighted by atomic mass is 16.5. The fourth-order valence-electron chi connectivity index (χ4n) is 2.16. The molecule has 0 spiro atoms. The predicted octanol–water partition coefficient (Wildman–Crippen LogP) is 2.48. The molecule has 0 aromatic heterocycles. The van der Waals surface area contributed by atoms with E-state index in [1.54, 1.807) is 0 Å². The molecule has 0 saturated heterocycles. The van der Waals surface area contributed by atoms with Crippen LogP contribution in [0, 0.1) is 6.92 Å². The molecule has 20 heavy (non-hydrogen) atoms. The lowest BCUT2D eigenvalue weighted by atomic mass is 9.77. The van der Waals surface area contributed by atoms with E-state index in [9.17, 15) is 9.90 Å². The lowest BCUT2D eigenvalue weighted by molar-refractivity contribution is -0.145. The number of ether oxygens (including phenoxy) is 1. The molecule has 0 aliphatic rings. The number of carboxylic acid groups (broad SMARTS) is 1. The van der Waals surface area contributed by atoms with Crippen molar-refractivity contribution in [3.63, 3.8) is 0 Å². The van der Waals surface area contributed by atoms with Gasteiger partial charge in [-0.05, 0) is 39.7 Å². The minimum atomic E-state index is -1.09. The van der Waals surface area contributed by atoms with E-state index in [-0.39, 0.29) is 12.1 Å². The number of aryl methyl sites for hydroxylation is 1. The topological polar surface area (TPSA) is 72.5 Å². The third-order valence-electron chi connectivity index (χ3n) is 3.39. The third kappa shape index (κ3) is 4.05. The second-order valence-electron chi connectivity index (χ2n) is 6.17. The van der Waals surface area contributed by atoms with Crippen LogP contribution in [-0.2, 0) is 14.9 Å². The maximum absolute atomic E-state index is 11.8. The first kappa shape index (κ1) is 16.7. The van der Waals surface area contributed by atoms with E-state index in [0.717, 1.165) is 11.1 Å². The van der Waals surface area contributed by atoms with Crippen molar-refractivity contribution in [2.75, 3.05) is 13.2 Å². The minimum absolute atomic E-state index is 0.0549. The van der Waals surface area contributed by atoms with E-state index in [4.69, 9.17) is 10.5 Å². The molecule has 4 heteroatoms. The van der Waals surface area contributed by atoms with Gasteiger partial charge in [0.1, 0.15) is 5.41 Å². The molecule has 1 unspecified atom stereocenters. The van der Waals surface area contributed by atoms with Gasteiger partial charge in [0.25, 0.3) is 0 Å². The lowest BCUT2D eigenvalue weighted by Gasteiger charge is -2.30. The minimum Gasteiger partial charge on any atom is -0.481 e. The van der Waals surface area contributed by atoms with Gasteiger partial charge in [0.05, 0.1) is 5.60 Å². The molecule has 1 aromatic rings. The van der Waals surface area contributed by atoms with E-state index >= 15 is 0 Å². The molecule has 0 bridgehead atoms. The number of carbonyl (C=O) groups is 1. The first-order valence-corrected chi connectivity index (χ1v) is 6.86. The van der Waals surface area contributed by atoms with Crippen LogP contribution in [0.2, 0.25) is 0 Å². The average Bonchev–Trinajstić information content (AvgIpc) is 2.33. The summed E-state index contributed by atoms with van der Waals surface area (Å²) in [6.45, 7) is 8.21. The number of aliphatic carboxylic acids is 1. The van der Waals surface area contributed by atoms with E-state index in [2.05, 4.69) is 0 Å². The van der Waals surface area contributed by atoms with Crippen LogP contribution in [0.4, 0.5) is 0 Å². The Bertz CT molecular complexity index is 465. The van der Waals surface area contributed by atoms with Crippen molar-refractivity contribution in [3.8, 4) is 0 Å². The summed E-state index contributed by atoms with van der Waals surface area (Å²) in [7, 11) is 0. The Kier molecular flexibility index (Phi) is 5.31. The Hall–Kier alpha value is -1.39. The highest BCUT2D eigenvalue weighted by Gasteiger charge is 2.39. The molecule has 0 radical (unpaired) electrons. The Balaban J connectivity index is 3.01. The van der Waals surface area contributed by atoms with Crippen LogP contribution in [0.5, 0.6) is 0 Å². The SMILES string of the molecule is Cc1cccc(C(CN)(CCOC(C)(C)C)C(=O)O)c1. The quantitative estimate of drug-likeness (QED) is 0.839. The molecule has 112 valence electrons. The normalized spacial score (nSPS) is 14.8. The van der Waals surface area contributed by atoms with Gasteiger partial charge >= 0.3 is 5.97 Å². The molecule has 0 heterocycles. The fraction of sp³-hybridized carbons (Fsp3) is 0.562. The van der Waals surface area contributed by atoms with Crippen LogP contribution in [-0.4, -0.2) is 29.8 Å². The molecule has 0 fully saturated rings. The zero-order chi connectivity index (χ0) is 15.4. The molecule has 4 nitrogen and oxygen atoms in total. The van der Waals surface area contributed by atoms with Gasteiger partial charge < -0.3 is 15.6 Å². The van der Waals surface area contributed by atoms with Crippen LogP contribution < -0.4 is 5.73 Å². The number of carboxylic acids is 1. The standard InChI is InChI=1S/C16H25NO3/c1-12-6-5-7-13(10-12)16(11-17,14(18)19)8-9-20-15(2,3)4/h5-7,10H,8-9,11,17H2,1-4H3,(H,18,19). The largest absolute Gasteiger partial charge is 0.481 e. The van der Waals surface area contributed by atoms with Crippen molar-refractivity contribution < 1.29 is 14.6 Å². The number of hydrogen-bond acceptors (Lipinski definition) is 3. The summed E-state index contributed by atoms with van der Waals surface area (Å²) in [5.74, 6) is -0.900. The van der Waals surface area contributed by atoms with Crippen molar-refractivity contribution in [2.24, 2.45) is 5.73 Å². The summed E-state index contributed by atoms with van der Waals surface area (Å²) < 4.78 is 5.67. The first-order chi connectivity index (χ1) is 9.21. The highest BCUT2D eigenvalue weighted by molar-refractivity contribution is 5.81. The maximum atomic E-state index is 11.8. The first-order valence-electron chi connectivity index (χ1n) is 6.86. The molecule has 0 amide bonds. The zero-order valence-corrected chi connectivity index (χ0v) is 12.8. The zero-order valence-electron chi connectivity index (χ0n) is 12.8. The van der Waals surface area contributed by atoms with Crippen molar-refractivity contribution in [1.29, 1.82) is 0 Å². The van der Waals surface area contributed by atoms with Crippen molar-refractivity contribution in [2.45, 2.75) is 45.1 Å². The molecular formula is C16H25NO3. The van der Waals surface area contributed by atoms with Crippen molar-refractivity contribution in [1.82, 2.24) is 0 Å². The smallest absolute Gasteiger partial charge is 0.315 e. The van der Waals surface area contributed by atoms with Gasteiger partial charge in [-0.2, -0.15) is 0 Å². The van der Waals surface area contributed by atoms with Gasteiger partial charge in [0.15, 0.2) is 0 Å². The predicted molar refractivity (Wildman–Crippen MR) is 79.9 cm³/mol. The van der Waals surface area contributed by atoms with Crippen molar-refractivity contribution in [3.05, 3.63) is 35.4 Å². The monoisotopic (exact) mass is 279 g/mol. The Labute approximate surface area is 120 Å². The molecular weight excluding hydrogens is 254 g/mol. The summed E-state index contributed by atoms with van der Waals surface area (Å²) in [5, 5.41) is 9.66. The van der Waals surface area contributed by atoms with Gasteiger partial charge in [-0.25, -0.2) is 0 Å². The molecule has 0 aliphatic carbocycles. The fourth-order valence-corrected chi connectivity index (χ4v) is 2.16. The molecule has 1 rings (SSSR count). The van der Waals surface area contributed by atoms with Gasteiger partial charge in [-0.15, -0.1) is 0 Å². The summed E-state index contributed by atoms with van der Waals surface area (Å²) in [6, 6.07) is 7.52. The second kappa shape index (κ2) is 6.37. The second-order valence-corrected chi connectivity index (χ2v) is 6.17. The van der Waals surface area contributed by atoms with Crippen LogP contribution in [0.1, 0.15) is 38.3 Å². The Morgan fingerprint density at radius 1 is 1.35 bits per heavy atom. The molecule has 1 aromatic carbocycles. The lowest BCUT2D eigenvalue weighted by Crippen LogP contribution is -2.44. The van der Waals surface area contributed by atoms with E-state index < -0.39 is 11.4 Å². The molecule has 3 N–H and O–H groups in total. The number of hydrogen-bond donors (Lipinski definition) is 2. The summed E-state index contributed by atoms with van der Waals surface area (Å²) in [5.41, 5.74) is 6.20. The third-order valence-corrected chi connectivity index (χ3v) is 3.39. The van der Waals surface area contributed by atoms with E-state index in [1.807, 2.05) is 52.0 Å². The van der Waals surface area contributed by atoms with Gasteiger partial charge in [0, 0.05) is 13.2 Å². The van der Waals surface area contributed by atoms with Crippen molar-refractivity contribution >= 4 is 5.97 Å². The number of rotatable bonds is 6. The summed E-state index contributed by atoms with van der Waals surface area (Å²) in [6.07, 6.45) is 0.361. The van der Waals surface area contributed by atoms with Gasteiger partial charge in [0.2, 0.25) is 0 Å². The van der Waals surface area contributed by atoms with Gasteiger partial charge in [-0.3, -0.25) is 4.79 Å². The summed E-state index contributed by atoms with van der Waals surface area (Å²) in [4.78, 5) is 11.8. The van der Waals surface area contributed by atoms with Gasteiger partial charge in [-0.1, -0.05) is 29.8 Å². The molecule has 0 aliphatic heterocycles. The maximum Gasteiger partial charge on any atom is 0.315 e. The van der Waals surface area contributed by atoms with Crippen LogP contribution >= 0.6 is 0 Å². The van der Waals surface area contributed by atoms with Crippen LogP contribution in [0.3, 0.4) is 0 Å². The van der Waals surface area contributed by atoms with Crippen LogP contribution in [0.15, 0.2) is 24.3 Å². The molecule has 0 saturated carbocycles. The van der Waals surface area contributed by atoms with Crippen LogP contribution in [0.25, 0.3) is 0 Å². The molecule has 1 atom stereocenters. The number of nitrogens with two attached hydrogens (primary N) is 1.